The number of rotatable bonds is 7. The predicted molar refractivity (Wildman–Crippen MR) is 107 cm³/mol. The van der Waals surface area contributed by atoms with Crippen LogP contribution in [0, 0.1) is 0 Å². The number of carbonyl (C=O) groups is 2. The number of hydrogen-bond donors (Lipinski definition) is 0. The summed E-state index contributed by atoms with van der Waals surface area (Å²) >= 11 is 6.26. The van der Waals surface area contributed by atoms with Crippen LogP contribution in [0.1, 0.15) is 41.3 Å². The SMILES string of the molecule is CCc1cc2oc(=O)cc(COC(=O)CCC(=O)c3ccccc3)c2cc1Cl. The second kappa shape index (κ2) is 8.85. The van der Waals surface area contributed by atoms with Gasteiger partial charge in [-0.3, -0.25) is 9.59 Å². The van der Waals surface area contributed by atoms with Crippen LogP contribution >= 0.6 is 11.6 Å². The third-order valence-electron chi connectivity index (χ3n) is 4.42. The molecule has 0 bridgehead atoms. The molecule has 0 spiro atoms. The maximum absolute atomic E-state index is 12.1. The Kier molecular flexibility index (Phi) is 6.26. The van der Waals surface area contributed by atoms with Crippen molar-refractivity contribution in [1.29, 1.82) is 0 Å². The third kappa shape index (κ3) is 4.67. The van der Waals surface area contributed by atoms with Crippen LogP contribution in [0.25, 0.3) is 11.0 Å². The zero-order chi connectivity index (χ0) is 20.1. The van der Waals surface area contributed by atoms with Crippen LogP contribution in [-0.2, 0) is 22.6 Å². The van der Waals surface area contributed by atoms with Crippen LogP contribution in [0.5, 0.6) is 0 Å². The van der Waals surface area contributed by atoms with Gasteiger partial charge in [-0.2, -0.15) is 0 Å². The molecule has 3 aromatic rings. The van der Waals surface area contributed by atoms with Gasteiger partial charge in [0.2, 0.25) is 0 Å². The van der Waals surface area contributed by atoms with Crippen LogP contribution in [0.4, 0.5) is 0 Å². The van der Waals surface area contributed by atoms with Crippen molar-refractivity contribution >= 4 is 34.3 Å². The summed E-state index contributed by atoms with van der Waals surface area (Å²) in [5.41, 5.74) is 1.81. The molecule has 6 heteroatoms. The molecule has 0 aliphatic rings. The van der Waals surface area contributed by atoms with E-state index in [2.05, 4.69) is 0 Å². The summed E-state index contributed by atoms with van der Waals surface area (Å²) in [6, 6.07) is 13.5. The van der Waals surface area contributed by atoms with E-state index in [-0.39, 0.29) is 25.2 Å². The van der Waals surface area contributed by atoms with Crippen molar-refractivity contribution < 1.29 is 18.7 Å². The van der Waals surface area contributed by atoms with Gasteiger partial charge in [-0.25, -0.2) is 4.79 Å². The second-order valence-corrected chi connectivity index (χ2v) is 6.74. The van der Waals surface area contributed by atoms with E-state index in [4.69, 9.17) is 20.8 Å². The molecule has 0 saturated carbocycles. The van der Waals surface area contributed by atoms with Crippen LogP contribution < -0.4 is 5.63 Å². The molecule has 0 saturated heterocycles. The minimum absolute atomic E-state index is 0.0339. The third-order valence-corrected chi connectivity index (χ3v) is 4.77. The number of benzene rings is 2. The van der Waals surface area contributed by atoms with Crippen molar-refractivity contribution in [3.05, 3.63) is 80.7 Å². The molecule has 0 aliphatic carbocycles. The van der Waals surface area contributed by atoms with Gasteiger partial charge in [-0.05, 0) is 24.1 Å². The highest BCUT2D eigenvalue weighted by Gasteiger charge is 2.13. The van der Waals surface area contributed by atoms with E-state index >= 15 is 0 Å². The monoisotopic (exact) mass is 398 g/mol. The summed E-state index contributed by atoms with van der Waals surface area (Å²) in [6.45, 7) is 1.86. The molecule has 1 aromatic heterocycles. The first-order chi connectivity index (χ1) is 13.5. The molecule has 144 valence electrons. The molecule has 0 atom stereocenters. The van der Waals surface area contributed by atoms with Crippen LogP contribution in [-0.4, -0.2) is 11.8 Å². The molecule has 0 unspecified atom stereocenters. The maximum Gasteiger partial charge on any atom is 0.336 e. The number of carbonyl (C=O) groups excluding carboxylic acids is 2. The molecule has 0 radical (unpaired) electrons. The fraction of sp³-hybridized carbons (Fsp3) is 0.227. The fourth-order valence-electron chi connectivity index (χ4n) is 2.89. The van der Waals surface area contributed by atoms with E-state index in [9.17, 15) is 14.4 Å². The van der Waals surface area contributed by atoms with Gasteiger partial charge in [0.25, 0.3) is 0 Å². The Balaban J connectivity index is 1.67. The Morgan fingerprint density at radius 3 is 2.50 bits per heavy atom. The molecular weight excluding hydrogens is 380 g/mol. The summed E-state index contributed by atoms with van der Waals surface area (Å²) in [6.07, 6.45) is 0.729. The van der Waals surface area contributed by atoms with Crippen molar-refractivity contribution in [3.8, 4) is 0 Å². The van der Waals surface area contributed by atoms with Gasteiger partial charge in [0.1, 0.15) is 12.2 Å². The standard InChI is InChI=1S/C22H19ClO5/c1-2-14-10-20-17(12-18(14)23)16(11-22(26)28-20)13-27-21(25)9-8-19(24)15-6-4-3-5-7-15/h3-7,10-12H,2,8-9,13H2,1H3. The highest BCUT2D eigenvalue weighted by molar-refractivity contribution is 6.32. The minimum atomic E-state index is -0.526. The Morgan fingerprint density at radius 2 is 1.79 bits per heavy atom. The summed E-state index contributed by atoms with van der Waals surface area (Å²) in [7, 11) is 0. The van der Waals surface area contributed by atoms with E-state index < -0.39 is 11.6 Å². The Morgan fingerprint density at radius 1 is 1.04 bits per heavy atom. The molecule has 0 aliphatic heterocycles. The van der Waals surface area contributed by atoms with E-state index in [0.717, 1.165) is 5.56 Å². The molecule has 3 rings (SSSR count). The van der Waals surface area contributed by atoms with Crippen molar-refractivity contribution in [2.24, 2.45) is 0 Å². The molecule has 0 N–H and O–H groups in total. The van der Waals surface area contributed by atoms with E-state index in [1.165, 1.54) is 6.07 Å². The number of aryl methyl sites for hydroxylation is 1. The molecule has 2 aromatic carbocycles. The molecular formula is C22H19ClO5. The number of halogens is 1. The first-order valence-corrected chi connectivity index (χ1v) is 9.34. The van der Waals surface area contributed by atoms with Crippen molar-refractivity contribution in [1.82, 2.24) is 0 Å². The number of fused-ring (bicyclic) bond motifs is 1. The average molecular weight is 399 g/mol. The summed E-state index contributed by atoms with van der Waals surface area (Å²) in [5.74, 6) is -0.635. The minimum Gasteiger partial charge on any atom is -0.461 e. The van der Waals surface area contributed by atoms with E-state index in [0.29, 0.717) is 33.5 Å². The number of ether oxygens (including phenoxy) is 1. The molecule has 28 heavy (non-hydrogen) atoms. The Labute approximate surface area is 166 Å². The average Bonchev–Trinajstić information content (AvgIpc) is 2.70. The van der Waals surface area contributed by atoms with Crippen molar-refractivity contribution in [2.45, 2.75) is 32.8 Å². The van der Waals surface area contributed by atoms with Crippen LogP contribution in [0.15, 0.2) is 57.7 Å². The molecule has 5 nitrogen and oxygen atoms in total. The normalized spacial score (nSPS) is 10.8. The lowest BCUT2D eigenvalue weighted by atomic mass is 10.1. The zero-order valence-corrected chi connectivity index (χ0v) is 16.1. The Hall–Kier alpha value is -2.92. The highest BCUT2D eigenvalue weighted by atomic mass is 35.5. The fourth-order valence-corrected chi connectivity index (χ4v) is 3.19. The van der Waals surface area contributed by atoms with Gasteiger partial charge >= 0.3 is 11.6 Å². The quantitative estimate of drug-likeness (QED) is 0.327. The number of esters is 1. The number of ketones is 1. The van der Waals surface area contributed by atoms with E-state index in [1.807, 2.05) is 13.0 Å². The van der Waals surface area contributed by atoms with E-state index in [1.54, 1.807) is 36.4 Å². The van der Waals surface area contributed by atoms with Gasteiger partial charge < -0.3 is 9.15 Å². The van der Waals surface area contributed by atoms with Crippen LogP contribution in [0.3, 0.4) is 0 Å². The predicted octanol–water partition coefficient (Wildman–Crippen LogP) is 4.72. The topological polar surface area (TPSA) is 73.6 Å². The van der Waals surface area contributed by atoms with Crippen molar-refractivity contribution in [3.63, 3.8) is 0 Å². The second-order valence-electron chi connectivity index (χ2n) is 6.33. The van der Waals surface area contributed by atoms with Gasteiger partial charge in [-0.1, -0.05) is 48.9 Å². The lowest BCUT2D eigenvalue weighted by Crippen LogP contribution is -2.10. The van der Waals surface area contributed by atoms with Gasteiger partial charge in [0, 0.05) is 34.0 Å². The summed E-state index contributed by atoms with van der Waals surface area (Å²) in [5, 5.41) is 1.18. The Bertz CT molecular complexity index is 1070. The summed E-state index contributed by atoms with van der Waals surface area (Å²) < 4.78 is 10.5. The smallest absolute Gasteiger partial charge is 0.336 e. The lowest BCUT2D eigenvalue weighted by molar-refractivity contribution is -0.144. The largest absolute Gasteiger partial charge is 0.461 e. The maximum atomic E-state index is 12.1. The summed E-state index contributed by atoms with van der Waals surface area (Å²) in [4.78, 5) is 35.9. The van der Waals surface area contributed by atoms with Crippen LogP contribution in [0.2, 0.25) is 5.02 Å². The highest BCUT2D eigenvalue weighted by Crippen LogP contribution is 2.26. The first-order valence-electron chi connectivity index (χ1n) is 8.97. The van der Waals surface area contributed by atoms with Gasteiger partial charge in [0.15, 0.2) is 5.78 Å². The number of hydrogen-bond acceptors (Lipinski definition) is 5. The molecule has 1 heterocycles. The lowest BCUT2D eigenvalue weighted by Gasteiger charge is -2.09. The zero-order valence-electron chi connectivity index (χ0n) is 15.4. The first kappa shape index (κ1) is 19.8. The van der Waals surface area contributed by atoms with Gasteiger partial charge in [-0.15, -0.1) is 0 Å². The van der Waals surface area contributed by atoms with Crippen molar-refractivity contribution in [2.75, 3.05) is 0 Å². The molecule has 0 fully saturated rings. The van der Waals surface area contributed by atoms with Gasteiger partial charge in [0.05, 0.1) is 6.42 Å². The molecule has 0 amide bonds. The number of Topliss-reactive ketones (excluding diaryl/α,β-unsaturated/α-hetero) is 1.